The van der Waals surface area contributed by atoms with E-state index in [1.165, 1.54) is 16.8 Å². The smallest absolute Gasteiger partial charge is 0.435 e. The Morgan fingerprint density at radius 3 is 2.26 bits per heavy atom. The predicted octanol–water partition coefficient (Wildman–Crippen LogP) is 3.86. The maximum absolute atomic E-state index is 12.2. The SMILES string of the molecule is Cc1nn(C(=O)OC(C)(C)C)c(C)c1-c1ccc([N+](=O)[O-])cc1. The van der Waals surface area contributed by atoms with Gasteiger partial charge in [0.1, 0.15) is 5.60 Å². The van der Waals surface area contributed by atoms with Gasteiger partial charge in [-0.15, -0.1) is 0 Å². The van der Waals surface area contributed by atoms with E-state index in [9.17, 15) is 14.9 Å². The molecule has 0 N–H and O–H groups in total. The van der Waals surface area contributed by atoms with Crippen LogP contribution in [0.15, 0.2) is 24.3 Å². The lowest BCUT2D eigenvalue weighted by Gasteiger charge is -2.19. The molecule has 1 aromatic carbocycles. The molecule has 0 radical (unpaired) electrons. The second kappa shape index (κ2) is 5.83. The van der Waals surface area contributed by atoms with E-state index in [0.29, 0.717) is 11.4 Å². The molecule has 7 nitrogen and oxygen atoms in total. The summed E-state index contributed by atoms with van der Waals surface area (Å²) in [4.78, 5) is 22.5. The Hall–Kier alpha value is -2.70. The highest BCUT2D eigenvalue weighted by molar-refractivity contribution is 5.77. The zero-order chi connectivity index (χ0) is 17.4. The van der Waals surface area contributed by atoms with Crippen LogP contribution in [-0.2, 0) is 4.74 Å². The molecule has 23 heavy (non-hydrogen) atoms. The molecule has 0 saturated heterocycles. The topological polar surface area (TPSA) is 87.3 Å². The van der Waals surface area contributed by atoms with E-state index in [4.69, 9.17) is 4.74 Å². The Morgan fingerprint density at radius 2 is 1.78 bits per heavy atom. The minimum Gasteiger partial charge on any atom is -0.442 e. The molecule has 0 fully saturated rings. The van der Waals surface area contributed by atoms with Crippen LogP contribution in [0, 0.1) is 24.0 Å². The molecule has 0 atom stereocenters. The van der Waals surface area contributed by atoms with E-state index in [1.54, 1.807) is 46.8 Å². The van der Waals surface area contributed by atoms with E-state index in [0.717, 1.165) is 11.1 Å². The zero-order valence-corrected chi connectivity index (χ0v) is 13.8. The molecule has 7 heteroatoms. The summed E-state index contributed by atoms with van der Waals surface area (Å²) in [5.41, 5.74) is 2.22. The number of hydrogen-bond acceptors (Lipinski definition) is 5. The lowest BCUT2D eigenvalue weighted by Crippen LogP contribution is -2.28. The number of benzene rings is 1. The molecule has 0 saturated carbocycles. The number of nitrogens with zero attached hydrogens (tertiary/aromatic N) is 3. The highest BCUT2D eigenvalue weighted by Crippen LogP contribution is 2.28. The summed E-state index contributed by atoms with van der Waals surface area (Å²) in [5.74, 6) is 0. The van der Waals surface area contributed by atoms with Crippen molar-refractivity contribution in [3.05, 3.63) is 45.8 Å². The maximum Gasteiger partial charge on any atom is 0.435 e. The molecule has 1 heterocycles. The molecule has 1 aromatic heterocycles. The van der Waals surface area contributed by atoms with Crippen molar-refractivity contribution >= 4 is 11.8 Å². The average molecular weight is 317 g/mol. The molecule has 122 valence electrons. The molecule has 2 aromatic rings. The molecule has 0 amide bonds. The van der Waals surface area contributed by atoms with Crippen LogP contribution in [0.3, 0.4) is 0 Å². The molecule has 2 rings (SSSR count). The van der Waals surface area contributed by atoms with Crippen molar-refractivity contribution in [1.29, 1.82) is 0 Å². The van der Waals surface area contributed by atoms with E-state index in [-0.39, 0.29) is 5.69 Å². The largest absolute Gasteiger partial charge is 0.442 e. The van der Waals surface area contributed by atoms with Gasteiger partial charge in [0.15, 0.2) is 0 Å². The first kappa shape index (κ1) is 16.7. The van der Waals surface area contributed by atoms with Gasteiger partial charge in [0, 0.05) is 17.7 Å². The fourth-order valence-electron chi connectivity index (χ4n) is 2.29. The monoisotopic (exact) mass is 317 g/mol. The Labute approximate surface area is 134 Å². The van der Waals surface area contributed by atoms with Crippen molar-refractivity contribution in [3.8, 4) is 11.1 Å². The number of nitro groups is 1. The van der Waals surface area contributed by atoms with Gasteiger partial charge in [-0.05, 0) is 52.3 Å². The van der Waals surface area contributed by atoms with Gasteiger partial charge in [-0.1, -0.05) is 0 Å². The number of ether oxygens (including phenoxy) is 1. The first-order valence-corrected chi connectivity index (χ1v) is 7.14. The van der Waals surface area contributed by atoms with Gasteiger partial charge < -0.3 is 4.74 Å². The van der Waals surface area contributed by atoms with Gasteiger partial charge in [-0.25, -0.2) is 4.79 Å². The Balaban J connectivity index is 2.41. The molecular formula is C16H19N3O4. The van der Waals surface area contributed by atoms with E-state index < -0.39 is 16.6 Å². The first-order valence-electron chi connectivity index (χ1n) is 7.14. The van der Waals surface area contributed by atoms with Crippen LogP contribution in [0.1, 0.15) is 32.2 Å². The fourth-order valence-corrected chi connectivity index (χ4v) is 2.29. The maximum atomic E-state index is 12.2. The van der Waals surface area contributed by atoms with Crippen LogP contribution in [0.5, 0.6) is 0 Å². The van der Waals surface area contributed by atoms with Crippen molar-refractivity contribution in [2.24, 2.45) is 0 Å². The molecule has 0 unspecified atom stereocenters. The number of nitro benzene ring substituents is 1. The summed E-state index contributed by atoms with van der Waals surface area (Å²) in [5, 5.41) is 15.0. The van der Waals surface area contributed by atoms with Gasteiger partial charge in [0.2, 0.25) is 0 Å². The van der Waals surface area contributed by atoms with Crippen LogP contribution in [-0.4, -0.2) is 26.4 Å². The quantitative estimate of drug-likeness (QED) is 0.620. The second-order valence-electron chi connectivity index (χ2n) is 6.24. The van der Waals surface area contributed by atoms with Gasteiger partial charge in [-0.2, -0.15) is 9.78 Å². The van der Waals surface area contributed by atoms with E-state index in [1.807, 2.05) is 0 Å². The van der Waals surface area contributed by atoms with Crippen LogP contribution < -0.4 is 0 Å². The standard InChI is InChI=1S/C16H19N3O4/c1-10-14(12-6-8-13(9-7-12)19(21)22)11(2)18(17-10)15(20)23-16(3,4)5/h6-9H,1-5H3. The third-order valence-corrected chi connectivity index (χ3v) is 3.22. The number of aromatic nitrogens is 2. The highest BCUT2D eigenvalue weighted by atomic mass is 16.6. The number of carbonyl (C=O) groups is 1. The van der Waals surface area contributed by atoms with Crippen molar-refractivity contribution < 1.29 is 14.5 Å². The minimum atomic E-state index is -0.614. The van der Waals surface area contributed by atoms with E-state index >= 15 is 0 Å². The van der Waals surface area contributed by atoms with Crippen LogP contribution in [0.25, 0.3) is 11.1 Å². The Bertz CT molecular complexity index is 755. The highest BCUT2D eigenvalue weighted by Gasteiger charge is 2.23. The van der Waals surface area contributed by atoms with Crippen molar-refractivity contribution in [1.82, 2.24) is 9.78 Å². The number of aryl methyl sites for hydroxylation is 1. The summed E-state index contributed by atoms with van der Waals surface area (Å²) in [7, 11) is 0. The van der Waals surface area contributed by atoms with Gasteiger partial charge in [0.25, 0.3) is 5.69 Å². The Morgan fingerprint density at radius 1 is 1.22 bits per heavy atom. The molecule has 0 aliphatic carbocycles. The average Bonchev–Trinajstić information content (AvgIpc) is 2.72. The summed E-state index contributed by atoms with van der Waals surface area (Å²) >= 11 is 0. The van der Waals surface area contributed by atoms with Gasteiger partial charge >= 0.3 is 6.09 Å². The number of rotatable bonds is 2. The van der Waals surface area contributed by atoms with Crippen LogP contribution in [0.4, 0.5) is 10.5 Å². The lowest BCUT2D eigenvalue weighted by atomic mass is 10.0. The normalized spacial score (nSPS) is 11.3. The second-order valence-corrected chi connectivity index (χ2v) is 6.24. The summed E-state index contributed by atoms with van der Waals surface area (Å²) in [6.07, 6.45) is -0.550. The van der Waals surface area contributed by atoms with Crippen molar-refractivity contribution in [2.75, 3.05) is 0 Å². The van der Waals surface area contributed by atoms with Crippen LogP contribution >= 0.6 is 0 Å². The zero-order valence-electron chi connectivity index (χ0n) is 13.8. The van der Waals surface area contributed by atoms with Crippen molar-refractivity contribution in [3.63, 3.8) is 0 Å². The summed E-state index contributed by atoms with van der Waals surface area (Å²) in [6.45, 7) is 8.90. The lowest BCUT2D eigenvalue weighted by molar-refractivity contribution is -0.384. The number of hydrogen-bond donors (Lipinski definition) is 0. The van der Waals surface area contributed by atoms with E-state index in [2.05, 4.69) is 5.10 Å². The molecule has 0 aliphatic heterocycles. The molecule has 0 spiro atoms. The molecule has 0 aliphatic rings. The predicted molar refractivity (Wildman–Crippen MR) is 85.4 cm³/mol. The number of non-ortho nitro benzene ring substituents is 1. The molecular weight excluding hydrogens is 298 g/mol. The summed E-state index contributed by atoms with van der Waals surface area (Å²) < 4.78 is 6.55. The Kier molecular flexibility index (Phi) is 4.22. The third-order valence-electron chi connectivity index (χ3n) is 3.22. The van der Waals surface area contributed by atoms with Crippen LogP contribution in [0.2, 0.25) is 0 Å². The molecule has 0 bridgehead atoms. The third kappa shape index (κ3) is 3.56. The fraction of sp³-hybridized carbons (Fsp3) is 0.375. The van der Waals surface area contributed by atoms with Crippen molar-refractivity contribution in [2.45, 2.75) is 40.2 Å². The minimum absolute atomic E-state index is 0.0172. The van der Waals surface area contributed by atoms with Gasteiger partial charge in [0.05, 0.1) is 16.3 Å². The summed E-state index contributed by atoms with van der Waals surface area (Å²) in [6, 6.07) is 6.15. The first-order chi connectivity index (χ1) is 10.6. The van der Waals surface area contributed by atoms with Gasteiger partial charge in [-0.3, -0.25) is 10.1 Å². The number of carbonyl (C=O) groups excluding carboxylic acids is 1.